The molecule has 0 rings (SSSR count). The maximum Gasteiger partial charge on any atom is 0.189 e. The second-order valence-corrected chi connectivity index (χ2v) is 2.76. The van der Waals surface area contributed by atoms with Crippen LogP contribution in [0.5, 0.6) is 0 Å². The minimum atomic E-state index is -1.86. The lowest BCUT2D eigenvalue weighted by Gasteiger charge is -2.19. The van der Waals surface area contributed by atoms with Gasteiger partial charge in [0.1, 0.15) is 24.9 Å². The molecule has 98 valence electrons. The topological polar surface area (TPSA) is 159 Å². The second-order valence-electron chi connectivity index (χ2n) is 2.76. The number of hydrogen-bond acceptors (Lipinski definition) is 8. The number of hydrogen-bond donors (Lipinski definition) is 7. The maximum absolute atomic E-state index is 10.5. The zero-order chi connectivity index (χ0) is 13.1. The van der Waals surface area contributed by atoms with Gasteiger partial charge in [0.25, 0.3) is 0 Å². The van der Waals surface area contributed by atoms with E-state index in [0.717, 1.165) is 0 Å². The van der Waals surface area contributed by atoms with E-state index in [-0.39, 0.29) is 13.2 Å². The average molecular weight is 242 g/mol. The average Bonchev–Trinajstić information content (AvgIpc) is 2.34. The Morgan fingerprint density at radius 3 is 1.62 bits per heavy atom. The van der Waals surface area contributed by atoms with Crippen LogP contribution < -0.4 is 0 Å². The molecule has 0 bridgehead atoms. The van der Waals surface area contributed by atoms with Crippen molar-refractivity contribution in [3.8, 4) is 0 Å². The van der Waals surface area contributed by atoms with Crippen molar-refractivity contribution < 1.29 is 40.5 Å². The first kappa shape index (κ1) is 17.8. The van der Waals surface area contributed by atoms with Gasteiger partial charge in [-0.3, -0.25) is 4.79 Å². The largest absolute Gasteiger partial charge is 0.394 e. The van der Waals surface area contributed by atoms with Gasteiger partial charge in [0.15, 0.2) is 5.78 Å². The lowest BCUT2D eigenvalue weighted by molar-refractivity contribution is -0.142. The Kier molecular flexibility index (Phi) is 12.1. The number of aliphatic hydroxyl groups excluding tert-OH is 7. The van der Waals surface area contributed by atoms with Crippen LogP contribution in [-0.2, 0) is 4.79 Å². The molecule has 0 amide bonds. The van der Waals surface area contributed by atoms with Gasteiger partial charge in [-0.1, -0.05) is 0 Å². The van der Waals surface area contributed by atoms with Crippen LogP contribution in [0.25, 0.3) is 0 Å². The zero-order valence-corrected chi connectivity index (χ0v) is 8.60. The summed E-state index contributed by atoms with van der Waals surface area (Å²) in [6.45, 7) is -1.94. The molecule has 0 saturated heterocycles. The molecule has 7 N–H and O–H groups in total. The summed E-state index contributed by atoms with van der Waals surface area (Å²) in [4.78, 5) is 10.5. The Bertz CT molecular complexity index is 171. The van der Waals surface area contributed by atoms with Crippen LogP contribution in [0.3, 0.4) is 0 Å². The summed E-state index contributed by atoms with van der Waals surface area (Å²) in [5.74, 6) is -1.00. The van der Waals surface area contributed by atoms with Gasteiger partial charge in [0.05, 0.1) is 19.8 Å². The van der Waals surface area contributed by atoms with Crippen LogP contribution in [0, 0.1) is 0 Å². The SMILES string of the molecule is O=C(CO)[C@H](O)[C@@H](O)[C@H](O)CO.OCCO. The van der Waals surface area contributed by atoms with E-state index in [0.29, 0.717) is 0 Å². The fourth-order valence-electron chi connectivity index (χ4n) is 0.602. The van der Waals surface area contributed by atoms with Crippen molar-refractivity contribution in [3.05, 3.63) is 0 Å². The summed E-state index contributed by atoms with van der Waals surface area (Å²) < 4.78 is 0. The van der Waals surface area contributed by atoms with E-state index in [9.17, 15) is 4.79 Å². The molecule has 0 fully saturated rings. The van der Waals surface area contributed by atoms with Gasteiger partial charge in [-0.05, 0) is 0 Å². The zero-order valence-electron chi connectivity index (χ0n) is 8.60. The van der Waals surface area contributed by atoms with E-state index in [1.165, 1.54) is 0 Å². The van der Waals surface area contributed by atoms with Crippen molar-refractivity contribution in [2.75, 3.05) is 26.4 Å². The summed E-state index contributed by atoms with van der Waals surface area (Å²) in [5.41, 5.74) is 0. The number of ketones is 1. The van der Waals surface area contributed by atoms with Crippen LogP contribution in [-0.4, -0.2) is 86.3 Å². The molecule has 0 aliphatic carbocycles. The third-order valence-corrected chi connectivity index (χ3v) is 1.49. The molecule has 0 aliphatic rings. The molecule has 16 heavy (non-hydrogen) atoms. The quantitative estimate of drug-likeness (QED) is 0.246. The molecule has 8 nitrogen and oxygen atoms in total. The Morgan fingerprint density at radius 2 is 1.38 bits per heavy atom. The molecule has 3 atom stereocenters. The Labute approximate surface area is 92.0 Å². The van der Waals surface area contributed by atoms with E-state index in [1.54, 1.807) is 0 Å². The minimum absolute atomic E-state index is 0.125. The first-order valence-corrected chi connectivity index (χ1v) is 4.46. The standard InChI is InChI=1S/C6H12O6.C2H6O2/c7-1-3(9)5(11)6(12)4(10)2-8;3-1-2-4/h3,5-9,11-12H,1-2H2;3-4H,1-2H2/t3-,5+,6+;/m1./s1. The molecule has 0 unspecified atom stereocenters. The predicted octanol–water partition coefficient (Wildman–Crippen LogP) is -4.41. The molecule has 0 saturated carbocycles. The Balaban J connectivity index is 0. The van der Waals surface area contributed by atoms with E-state index < -0.39 is 37.3 Å². The lowest BCUT2D eigenvalue weighted by Crippen LogP contribution is -2.44. The second kappa shape index (κ2) is 10.9. The van der Waals surface area contributed by atoms with Gasteiger partial charge in [0, 0.05) is 0 Å². The highest BCUT2D eigenvalue weighted by Gasteiger charge is 2.28. The fraction of sp³-hybridized carbons (Fsp3) is 0.875. The molecule has 0 radical (unpaired) electrons. The highest BCUT2D eigenvalue weighted by Crippen LogP contribution is 2.00. The third kappa shape index (κ3) is 7.65. The minimum Gasteiger partial charge on any atom is -0.394 e. The van der Waals surface area contributed by atoms with Crippen molar-refractivity contribution in [3.63, 3.8) is 0 Å². The van der Waals surface area contributed by atoms with Crippen LogP contribution in [0.15, 0.2) is 0 Å². The van der Waals surface area contributed by atoms with Crippen molar-refractivity contribution in [1.82, 2.24) is 0 Å². The summed E-state index contributed by atoms with van der Waals surface area (Å²) in [6, 6.07) is 0. The summed E-state index contributed by atoms with van der Waals surface area (Å²) in [5, 5.41) is 58.3. The van der Waals surface area contributed by atoms with Crippen LogP contribution in [0.1, 0.15) is 0 Å². The molecule has 0 spiro atoms. The molecular formula is C8H18O8. The van der Waals surface area contributed by atoms with Crippen molar-refractivity contribution in [2.24, 2.45) is 0 Å². The van der Waals surface area contributed by atoms with Gasteiger partial charge < -0.3 is 35.7 Å². The van der Waals surface area contributed by atoms with Gasteiger partial charge >= 0.3 is 0 Å². The smallest absolute Gasteiger partial charge is 0.189 e. The molecule has 0 aromatic heterocycles. The van der Waals surface area contributed by atoms with Gasteiger partial charge in [-0.2, -0.15) is 0 Å². The number of carbonyl (C=O) groups excluding carboxylic acids is 1. The molecule has 0 aromatic carbocycles. The van der Waals surface area contributed by atoms with Crippen molar-refractivity contribution in [1.29, 1.82) is 0 Å². The van der Waals surface area contributed by atoms with E-state index in [4.69, 9.17) is 35.7 Å². The summed E-state index contributed by atoms with van der Waals surface area (Å²) in [6.07, 6.45) is -5.22. The summed E-state index contributed by atoms with van der Waals surface area (Å²) >= 11 is 0. The van der Waals surface area contributed by atoms with Crippen molar-refractivity contribution in [2.45, 2.75) is 18.3 Å². The Morgan fingerprint density at radius 1 is 0.938 bits per heavy atom. The van der Waals surface area contributed by atoms with E-state index in [1.807, 2.05) is 0 Å². The van der Waals surface area contributed by atoms with Gasteiger partial charge in [-0.15, -0.1) is 0 Å². The number of rotatable bonds is 6. The van der Waals surface area contributed by atoms with Gasteiger partial charge in [-0.25, -0.2) is 0 Å². The number of aliphatic hydroxyl groups is 7. The monoisotopic (exact) mass is 242 g/mol. The third-order valence-electron chi connectivity index (χ3n) is 1.49. The normalized spacial score (nSPS) is 15.7. The molecular weight excluding hydrogens is 224 g/mol. The molecule has 8 heteroatoms. The van der Waals surface area contributed by atoms with Crippen molar-refractivity contribution >= 4 is 5.78 Å². The van der Waals surface area contributed by atoms with Crippen LogP contribution in [0.4, 0.5) is 0 Å². The molecule has 0 heterocycles. The van der Waals surface area contributed by atoms with Crippen LogP contribution >= 0.6 is 0 Å². The van der Waals surface area contributed by atoms with E-state index >= 15 is 0 Å². The molecule has 0 aliphatic heterocycles. The Hall–Kier alpha value is -0.610. The highest BCUT2D eigenvalue weighted by molar-refractivity contribution is 5.84. The first-order valence-electron chi connectivity index (χ1n) is 4.46. The predicted molar refractivity (Wildman–Crippen MR) is 51.4 cm³/mol. The summed E-state index contributed by atoms with van der Waals surface area (Å²) in [7, 11) is 0. The lowest BCUT2D eigenvalue weighted by atomic mass is 10.1. The van der Waals surface area contributed by atoms with Gasteiger partial charge in [0.2, 0.25) is 0 Å². The fourth-order valence-corrected chi connectivity index (χ4v) is 0.602. The maximum atomic E-state index is 10.5. The highest BCUT2D eigenvalue weighted by atomic mass is 16.4. The number of Topliss-reactive ketones (excluding diaryl/α,β-unsaturated/α-hetero) is 1. The molecule has 0 aromatic rings. The number of carbonyl (C=O) groups is 1. The van der Waals surface area contributed by atoms with Crippen LogP contribution in [0.2, 0.25) is 0 Å². The first-order chi connectivity index (χ1) is 7.45. The van der Waals surface area contributed by atoms with E-state index in [2.05, 4.69) is 0 Å².